The van der Waals surface area contributed by atoms with Crippen LogP contribution in [0.25, 0.3) is 10.9 Å². The van der Waals surface area contributed by atoms with E-state index in [0.717, 1.165) is 11.8 Å². The standard InChI is InChI=1S/C18H18FN3O2S/c1-12-4-5-13(8-16(12)19)10-22(2)18-15-9-14(25(3,23)24)6-7-17(15)20-11-21-18/h4-9,11H,10H2,1-3H3. The summed E-state index contributed by atoms with van der Waals surface area (Å²) in [7, 11) is -1.50. The average molecular weight is 359 g/mol. The number of rotatable bonds is 4. The second kappa shape index (κ2) is 6.40. The van der Waals surface area contributed by atoms with E-state index in [-0.39, 0.29) is 10.7 Å². The van der Waals surface area contributed by atoms with Crippen LogP contribution in [-0.4, -0.2) is 31.7 Å². The van der Waals surface area contributed by atoms with Crippen LogP contribution in [-0.2, 0) is 16.4 Å². The van der Waals surface area contributed by atoms with Crippen LogP contribution < -0.4 is 4.90 Å². The third-order valence-electron chi connectivity index (χ3n) is 4.03. The topological polar surface area (TPSA) is 63.2 Å². The zero-order valence-corrected chi connectivity index (χ0v) is 15.0. The smallest absolute Gasteiger partial charge is 0.175 e. The molecule has 0 saturated heterocycles. The van der Waals surface area contributed by atoms with Gasteiger partial charge >= 0.3 is 0 Å². The maximum Gasteiger partial charge on any atom is 0.175 e. The van der Waals surface area contributed by atoms with Gasteiger partial charge < -0.3 is 4.90 Å². The van der Waals surface area contributed by atoms with Crippen molar-refractivity contribution in [3.63, 3.8) is 0 Å². The summed E-state index contributed by atoms with van der Waals surface area (Å²) in [6.07, 6.45) is 2.60. The van der Waals surface area contributed by atoms with Gasteiger partial charge in [0.1, 0.15) is 18.0 Å². The van der Waals surface area contributed by atoms with Crippen molar-refractivity contribution in [3.8, 4) is 0 Å². The van der Waals surface area contributed by atoms with Gasteiger partial charge in [0, 0.05) is 25.2 Å². The summed E-state index contributed by atoms with van der Waals surface area (Å²) in [6.45, 7) is 2.15. The molecule has 0 aliphatic heterocycles. The molecule has 0 saturated carbocycles. The highest BCUT2D eigenvalue weighted by molar-refractivity contribution is 7.90. The van der Waals surface area contributed by atoms with Gasteiger partial charge in [0.25, 0.3) is 0 Å². The van der Waals surface area contributed by atoms with Crippen LogP contribution in [0.3, 0.4) is 0 Å². The molecule has 0 radical (unpaired) electrons. The normalized spacial score (nSPS) is 11.7. The van der Waals surface area contributed by atoms with E-state index in [0.29, 0.717) is 28.8 Å². The first-order chi connectivity index (χ1) is 11.8. The van der Waals surface area contributed by atoms with Gasteiger partial charge in [0.15, 0.2) is 9.84 Å². The zero-order chi connectivity index (χ0) is 18.2. The summed E-state index contributed by atoms with van der Waals surface area (Å²) < 4.78 is 37.4. The maximum atomic E-state index is 13.8. The minimum atomic E-state index is -3.33. The van der Waals surface area contributed by atoms with Gasteiger partial charge in [-0.25, -0.2) is 22.8 Å². The molecule has 0 amide bonds. The number of aromatic nitrogens is 2. The van der Waals surface area contributed by atoms with E-state index in [9.17, 15) is 12.8 Å². The van der Waals surface area contributed by atoms with Crippen LogP contribution in [0.15, 0.2) is 47.6 Å². The van der Waals surface area contributed by atoms with Crippen molar-refractivity contribution in [1.29, 1.82) is 0 Å². The number of hydrogen-bond acceptors (Lipinski definition) is 5. The van der Waals surface area contributed by atoms with Crippen molar-refractivity contribution >= 4 is 26.6 Å². The fourth-order valence-corrected chi connectivity index (χ4v) is 3.29. The number of anilines is 1. The molecule has 0 spiro atoms. The molecule has 0 aliphatic carbocycles. The summed E-state index contributed by atoms with van der Waals surface area (Å²) in [6, 6.07) is 9.86. The highest BCUT2D eigenvalue weighted by Crippen LogP contribution is 2.26. The molecule has 0 aliphatic rings. The number of fused-ring (bicyclic) bond motifs is 1. The monoisotopic (exact) mass is 359 g/mol. The van der Waals surface area contributed by atoms with E-state index < -0.39 is 9.84 Å². The lowest BCUT2D eigenvalue weighted by Crippen LogP contribution is -2.18. The summed E-state index contributed by atoms with van der Waals surface area (Å²) in [5, 5.41) is 0.639. The van der Waals surface area contributed by atoms with Crippen molar-refractivity contribution in [2.45, 2.75) is 18.4 Å². The van der Waals surface area contributed by atoms with Crippen molar-refractivity contribution in [2.24, 2.45) is 0 Å². The molecular weight excluding hydrogens is 341 g/mol. The minimum Gasteiger partial charge on any atom is -0.355 e. The number of aryl methyl sites for hydroxylation is 1. The van der Waals surface area contributed by atoms with Gasteiger partial charge in [0.05, 0.1) is 10.4 Å². The van der Waals surface area contributed by atoms with E-state index >= 15 is 0 Å². The molecule has 1 heterocycles. The highest BCUT2D eigenvalue weighted by Gasteiger charge is 2.14. The second-order valence-corrected chi connectivity index (χ2v) is 8.10. The molecule has 130 valence electrons. The molecule has 0 unspecified atom stereocenters. The lowest BCUT2D eigenvalue weighted by Gasteiger charge is -2.20. The van der Waals surface area contributed by atoms with Crippen LogP contribution in [0.2, 0.25) is 0 Å². The molecule has 2 aromatic carbocycles. The molecule has 1 aromatic heterocycles. The first kappa shape index (κ1) is 17.3. The Morgan fingerprint density at radius 3 is 2.56 bits per heavy atom. The number of halogens is 1. The molecule has 5 nitrogen and oxygen atoms in total. The second-order valence-electron chi connectivity index (χ2n) is 6.09. The van der Waals surface area contributed by atoms with Gasteiger partial charge in [-0.3, -0.25) is 0 Å². The Morgan fingerprint density at radius 2 is 1.88 bits per heavy atom. The minimum absolute atomic E-state index is 0.214. The van der Waals surface area contributed by atoms with E-state index in [1.807, 2.05) is 18.0 Å². The van der Waals surface area contributed by atoms with Crippen LogP contribution >= 0.6 is 0 Å². The number of sulfone groups is 1. The predicted molar refractivity (Wildman–Crippen MR) is 95.9 cm³/mol. The average Bonchev–Trinajstić information content (AvgIpc) is 2.56. The van der Waals surface area contributed by atoms with Crippen LogP contribution in [0.5, 0.6) is 0 Å². The van der Waals surface area contributed by atoms with Gasteiger partial charge in [-0.2, -0.15) is 0 Å². The van der Waals surface area contributed by atoms with Gasteiger partial charge in [-0.15, -0.1) is 0 Å². The molecule has 25 heavy (non-hydrogen) atoms. The Labute approximate surface area is 146 Å². The lowest BCUT2D eigenvalue weighted by molar-refractivity contribution is 0.602. The fourth-order valence-electron chi connectivity index (χ4n) is 2.64. The van der Waals surface area contributed by atoms with Gasteiger partial charge in [-0.1, -0.05) is 12.1 Å². The molecule has 0 N–H and O–H groups in total. The SMILES string of the molecule is Cc1ccc(CN(C)c2ncnc3ccc(S(C)(=O)=O)cc23)cc1F. The van der Waals surface area contributed by atoms with Crippen molar-refractivity contribution < 1.29 is 12.8 Å². The molecule has 0 bridgehead atoms. The Balaban J connectivity index is 2.03. The highest BCUT2D eigenvalue weighted by atomic mass is 32.2. The molecule has 0 atom stereocenters. The summed E-state index contributed by atoms with van der Waals surface area (Å²) in [5.74, 6) is 0.342. The van der Waals surface area contributed by atoms with Crippen LogP contribution in [0.1, 0.15) is 11.1 Å². The maximum absolute atomic E-state index is 13.8. The molecule has 7 heteroatoms. The summed E-state index contributed by atoms with van der Waals surface area (Å²) >= 11 is 0. The fraction of sp³-hybridized carbons (Fsp3) is 0.222. The third-order valence-corrected chi connectivity index (χ3v) is 5.14. The molecular formula is C18H18FN3O2S. The van der Waals surface area contributed by atoms with Crippen molar-refractivity contribution in [3.05, 3.63) is 59.7 Å². The summed E-state index contributed by atoms with van der Waals surface area (Å²) in [5.41, 5.74) is 2.05. The van der Waals surface area contributed by atoms with Crippen LogP contribution in [0.4, 0.5) is 10.2 Å². The first-order valence-corrected chi connectivity index (χ1v) is 9.56. The number of benzene rings is 2. The Morgan fingerprint density at radius 1 is 1.12 bits per heavy atom. The van der Waals surface area contributed by atoms with Gasteiger partial charge in [0.2, 0.25) is 0 Å². The van der Waals surface area contributed by atoms with Crippen molar-refractivity contribution in [2.75, 3.05) is 18.2 Å². The van der Waals surface area contributed by atoms with Crippen LogP contribution in [0, 0.1) is 12.7 Å². The largest absolute Gasteiger partial charge is 0.355 e. The molecule has 0 fully saturated rings. The Bertz CT molecular complexity index is 1050. The van der Waals surface area contributed by atoms with Crippen molar-refractivity contribution in [1.82, 2.24) is 9.97 Å². The van der Waals surface area contributed by atoms with E-state index in [2.05, 4.69) is 9.97 Å². The number of nitrogens with zero attached hydrogens (tertiary/aromatic N) is 3. The summed E-state index contributed by atoms with van der Waals surface area (Å²) in [4.78, 5) is 10.5. The van der Waals surface area contributed by atoms with E-state index in [1.165, 1.54) is 18.5 Å². The lowest BCUT2D eigenvalue weighted by atomic mass is 10.1. The predicted octanol–water partition coefficient (Wildman–Crippen LogP) is 3.12. The van der Waals surface area contributed by atoms with E-state index in [1.54, 1.807) is 25.1 Å². The first-order valence-electron chi connectivity index (χ1n) is 7.66. The Hall–Kier alpha value is -2.54. The zero-order valence-electron chi connectivity index (χ0n) is 14.2. The number of hydrogen-bond donors (Lipinski definition) is 0. The Kier molecular flexibility index (Phi) is 4.43. The quantitative estimate of drug-likeness (QED) is 0.716. The van der Waals surface area contributed by atoms with Gasteiger partial charge in [-0.05, 0) is 42.3 Å². The molecule has 3 aromatic rings. The van der Waals surface area contributed by atoms with E-state index in [4.69, 9.17) is 0 Å². The third kappa shape index (κ3) is 3.61. The molecule has 3 rings (SSSR count).